The maximum atomic E-state index is 12.4. The first kappa shape index (κ1) is 57.1. The minimum absolute atomic E-state index is 0.0565. The van der Waals surface area contributed by atoms with Gasteiger partial charge in [-0.2, -0.15) is 0 Å². The van der Waals surface area contributed by atoms with Crippen molar-refractivity contribution in [2.45, 2.75) is 321 Å². The van der Waals surface area contributed by atoms with Gasteiger partial charge in [0.2, 0.25) is 5.91 Å². The average Bonchev–Trinajstić information content (AvgIpc) is 3.23. The van der Waals surface area contributed by atoms with Crippen LogP contribution in [0.1, 0.15) is 309 Å². The van der Waals surface area contributed by atoms with Gasteiger partial charge in [0, 0.05) is 6.42 Å². The summed E-state index contributed by atoms with van der Waals surface area (Å²) in [5, 5.41) is 23.1. The van der Waals surface area contributed by atoms with E-state index in [1.807, 2.05) is 6.08 Å². The van der Waals surface area contributed by atoms with Gasteiger partial charge in [-0.25, -0.2) is 0 Å². The molecule has 0 aromatic rings. The van der Waals surface area contributed by atoms with Crippen LogP contribution < -0.4 is 5.32 Å². The Bertz CT molecular complexity index is 799. The van der Waals surface area contributed by atoms with Crippen molar-refractivity contribution in [2.24, 2.45) is 0 Å². The molecule has 4 nitrogen and oxygen atoms in total. The van der Waals surface area contributed by atoms with E-state index in [0.717, 1.165) is 25.7 Å². The molecule has 0 heterocycles. The third kappa shape index (κ3) is 46.2. The largest absolute Gasteiger partial charge is 0.394 e. The highest BCUT2D eigenvalue weighted by Crippen LogP contribution is 2.18. The lowest BCUT2D eigenvalue weighted by Crippen LogP contribution is -2.45. The minimum Gasteiger partial charge on any atom is -0.394 e. The van der Waals surface area contributed by atoms with Gasteiger partial charge in [0.25, 0.3) is 0 Å². The summed E-state index contributed by atoms with van der Waals surface area (Å²) in [6.45, 7) is 4.35. The molecule has 346 valence electrons. The van der Waals surface area contributed by atoms with Crippen LogP contribution in [0, 0.1) is 0 Å². The monoisotopic (exact) mass is 818 g/mol. The van der Waals surface area contributed by atoms with Crippen LogP contribution in [0.3, 0.4) is 0 Å². The van der Waals surface area contributed by atoms with Crippen molar-refractivity contribution < 1.29 is 15.0 Å². The molecule has 0 aromatic heterocycles. The van der Waals surface area contributed by atoms with Gasteiger partial charge in [-0.15, -0.1) is 0 Å². The van der Waals surface area contributed by atoms with E-state index in [1.54, 1.807) is 6.08 Å². The Balaban J connectivity index is 3.43. The highest BCUT2D eigenvalue weighted by atomic mass is 16.3. The summed E-state index contributed by atoms with van der Waals surface area (Å²) < 4.78 is 0. The number of nitrogens with one attached hydrogen (secondary N) is 1. The van der Waals surface area contributed by atoms with E-state index in [0.29, 0.717) is 6.42 Å². The van der Waals surface area contributed by atoms with E-state index in [-0.39, 0.29) is 12.5 Å². The van der Waals surface area contributed by atoms with Gasteiger partial charge < -0.3 is 15.5 Å². The molecule has 0 saturated heterocycles. The summed E-state index contributed by atoms with van der Waals surface area (Å²) in [6, 6.07) is -0.617. The molecule has 1 amide bonds. The van der Waals surface area contributed by atoms with Gasteiger partial charge in [-0.3, -0.25) is 4.79 Å². The molecule has 2 atom stereocenters. The van der Waals surface area contributed by atoms with Crippen LogP contribution in [0.4, 0.5) is 0 Å². The minimum atomic E-state index is -0.834. The SMILES string of the molecule is CCCCCCCCCCCCCCCCC/C=C/[C@@H](O)[C@H](CO)NC(=O)CCCCCCCCCCCCCCCCCCCCCCCCCCCCCCC. The molecule has 0 unspecified atom stereocenters. The van der Waals surface area contributed by atoms with Crippen molar-refractivity contribution in [1.29, 1.82) is 0 Å². The zero-order chi connectivity index (χ0) is 42.1. The molecule has 0 rings (SSSR count). The Labute approximate surface area is 365 Å². The molecule has 0 aliphatic heterocycles. The molecule has 0 spiro atoms. The van der Waals surface area contributed by atoms with Crippen LogP contribution in [0.5, 0.6) is 0 Å². The molecule has 0 fully saturated rings. The van der Waals surface area contributed by atoms with E-state index in [9.17, 15) is 15.0 Å². The molecule has 3 N–H and O–H groups in total. The molecule has 0 aromatic carbocycles. The maximum absolute atomic E-state index is 12.4. The van der Waals surface area contributed by atoms with Crippen LogP contribution in [-0.2, 0) is 4.79 Å². The summed E-state index contributed by atoms with van der Waals surface area (Å²) in [6.07, 6.45) is 65.1. The van der Waals surface area contributed by atoms with Crippen LogP contribution in [-0.4, -0.2) is 34.9 Å². The number of carbonyl (C=O) groups is 1. The van der Waals surface area contributed by atoms with E-state index >= 15 is 0 Å². The van der Waals surface area contributed by atoms with E-state index in [2.05, 4.69) is 19.2 Å². The number of unbranched alkanes of at least 4 members (excludes halogenated alkanes) is 43. The molecular weight excluding hydrogens is 711 g/mol. The third-order valence-corrected chi connectivity index (χ3v) is 12.8. The first-order chi connectivity index (χ1) is 28.7. The molecule has 58 heavy (non-hydrogen) atoms. The molecule has 0 radical (unpaired) electrons. The smallest absolute Gasteiger partial charge is 0.220 e. The fourth-order valence-corrected chi connectivity index (χ4v) is 8.65. The first-order valence-electron chi connectivity index (χ1n) is 26.9. The maximum Gasteiger partial charge on any atom is 0.220 e. The predicted octanol–water partition coefficient (Wildman–Crippen LogP) is 17.4. The summed E-state index contributed by atoms with van der Waals surface area (Å²) in [5.74, 6) is -0.0565. The zero-order valence-electron chi connectivity index (χ0n) is 39.8. The lowest BCUT2D eigenvalue weighted by atomic mass is 10.0. The number of amides is 1. The second kappa shape index (κ2) is 50.5. The highest BCUT2D eigenvalue weighted by Gasteiger charge is 2.18. The Hall–Kier alpha value is -0.870. The Morgan fingerprint density at radius 1 is 0.397 bits per heavy atom. The van der Waals surface area contributed by atoms with Crippen molar-refractivity contribution in [3.63, 3.8) is 0 Å². The van der Waals surface area contributed by atoms with Crippen molar-refractivity contribution in [1.82, 2.24) is 5.32 Å². The van der Waals surface area contributed by atoms with Crippen molar-refractivity contribution in [3.8, 4) is 0 Å². The van der Waals surface area contributed by atoms with Gasteiger partial charge in [-0.1, -0.05) is 296 Å². The highest BCUT2D eigenvalue weighted by molar-refractivity contribution is 5.76. The molecule has 0 aliphatic carbocycles. The fraction of sp³-hybridized carbons (Fsp3) is 0.944. The Morgan fingerprint density at radius 2 is 0.638 bits per heavy atom. The molecule has 0 bridgehead atoms. The van der Waals surface area contributed by atoms with E-state index in [1.165, 1.54) is 263 Å². The Kier molecular flexibility index (Phi) is 49.7. The average molecular weight is 818 g/mol. The fourth-order valence-electron chi connectivity index (χ4n) is 8.65. The van der Waals surface area contributed by atoms with Gasteiger partial charge in [0.15, 0.2) is 0 Å². The standard InChI is InChI=1S/C54H107NO3/c1-3-5-7-9-11-13-15-17-19-21-22-23-24-25-26-27-28-29-30-31-32-34-36-38-40-42-44-46-48-50-54(58)55-52(51-56)53(57)49-47-45-43-41-39-37-35-33-20-18-16-14-12-10-8-6-4-2/h47,49,52-53,56-57H,3-46,48,50-51H2,1-2H3,(H,55,58)/b49-47+/t52-,53+/m0/s1. The lowest BCUT2D eigenvalue weighted by Gasteiger charge is -2.20. The number of hydrogen-bond donors (Lipinski definition) is 3. The molecule has 0 aliphatic rings. The second-order valence-electron chi connectivity index (χ2n) is 18.7. The second-order valence-corrected chi connectivity index (χ2v) is 18.7. The number of carbonyl (C=O) groups excluding carboxylic acids is 1. The number of allylic oxidation sites excluding steroid dienone is 1. The number of aliphatic hydroxyl groups is 2. The third-order valence-electron chi connectivity index (χ3n) is 12.8. The zero-order valence-corrected chi connectivity index (χ0v) is 39.8. The van der Waals surface area contributed by atoms with Crippen molar-refractivity contribution >= 4 is 5.91 Å². The van der Waals surface area contributed by atoms with Crippen LogP contribution >= 0.6 is 0 Å². The van der Waals surface area contributed by atoms with Crippen molar-refractivity contribution in [3.05, 3.63) is 12.2 Å². The molecular formula is C54H107NO3. The summed E-state index contributed by atoms with van der Waals surface area (Å²) in [4.78, 5) is 12.4. The van der Waals surface area contributed by atoms with Gasteiger partial charge in [-0.05, 0) is 19.3 Å². The summed E-state index contributed by atoms with van der Waals surface area (Å²) in [5.41, 5.74) is 0. The topological polar surface area (TPSA) is 69.6 Å². The van der Waals surface area contributed by atoms with Crippen molar-refractivity contribution in [2.75, 3.05) is 6.61 Å². The number of hydrogen-bond acceptors (Lipinski definition) is 3. The molecule has 0 saturated carbocycles. The van der Waals surface area contributed by atoms with Crippen LogP contribution in [0.25, 0.3) is 0 Å². The normalized spacial score (nSPS) is 12.8. The number of aliphatic hydroxyl groups excluding tert-OH is 2. The number of rotatable bonds is 50. The van der Waals surface area contributed by atoms with Gasteiger partial charge in [0.1, 0.15) is 0 Å². The summed E-state index contributed by atoms with van der Waals surface area (Å²) >= 11 is 0. The van der Waals surface area contributed by atoms with E-state index in [4.69, 9.17) is 0 Å². The van der Waals surface area contributed by atoms with Crippen LogP contribution in [0.15, 0.2) is 12.2 Å². The summed E-state index contributed by atoms with van der Waals surface area (Å²) in [7, 11) is 0. The van der Waals surface area contributed by atoms with Gasteiger partial charge in [0.05, 0.1) is 18.8 Å². The van der Waals surface area contributed by atoms with Crippen LogP contribution in [0.2, 0.25) is 0 Å². The first-order valence-corrected chi connectivity index (χ1v) is 26.9. The predicted molar refractivity (Wildman–Crippen MR) is 258 cm³/mol. The lowest BCUT2D eigenvalue weighted by molar-refractivity contribution is -0.123. The molecule has 4 heteroatoms. The van der Waals surface area contributed by atoms with E-state index < -0.39 is 12.1 Å². The quantitative estimate of drug-likeness (QED) is 0.0423. The van der Waals surface area contributed by atoms with Gasteiger partial charge >= 0.3 is 0 Å². The Morgan fingerprint density at radius 3 is 0.897 bits per heavy atom.